The average Bonchev–Trinajstić information content (AvgIpc) is 3.35. The van der Waals surface area contributed by atoms with Crippen molar-refractivity contribution in [1.29, 1.82) is 0 Å². The van der Waals surface area contributed by atoms with Crippen molar-refractivity contribution in [2.24, 2.45) is 5.18 Å². The summed E-state index contributed by atoms with van der Waals surface area (Å²) >= 11 is 6.59. The van der Waals surface area contributed by atoms with Crippen molar-refractivity contribution in [3.8, 4) is 5.69 Å². The van der Waals surface area contributed by atoms with Crippen LogP contribution in [0.2, 0.25) is 0 Å². The predicted octanol–water partition coefficient (Wildman–Crippen LogP) is 7.65. The zero-order valence-electron chi connectivity index (χ0n) is 24.6. The Kier molecular flexibility index (Phi) is 9.63. The van der Waals surface area contributed by atoms with E-state index in [-0.39, 0.29) is 25.0 Å². The molecule has 2 aliphatic rings. The second-order valence-electron chi connectivity index (χ2n) is 11.4. The van der Waals surface area contributed by atoms with Gasteiger partial charge < -0.3 is 14.6 Å². The molecule has 1 atom stereocenters. The first-order chi connectivity index (χ1) is 21.6. The van der Waals surface area contributed by atoms with Crippen LogP contribution >= 0.6 is 11.6 Å². The third-order valence-electron chi connectivity index (χ3n) is 8.26. The van der Waals surface area contributed by atoms with Crippen LogP contribution in [-0.2, 0) is 24.3 Å². The minimum atomic E-state index is -0.294. The van der Waals surface area contributed by atoms with Gasteiger partial charge in [0.25, 0.3) is 0 Å². The number of benzene rings is 2. The van der Waals surface area contributed by atoms with E-state index in [0.29, 0.717) is 23.6 Å². The minimum absolute atomic E-state index is 0.0362. The normalized spacial score (nSPS) is 17.5. The zero-order chi connectivity index (χ0) is 30.3. The van der Waals surface area contributed by atoms with Gasteiger partial charge in [-0.2, -0.15) is 4.91 Å². The third-order valence-corrected chi connectivity index (χ3v) is 8.64. The lowest BCUT2D eigenvalue weighted by atomic mass is 10.1. The maximum Gasteiger partial charge on any atom is 0.137 e. The van der Waals surface area contributed by atoms with Crippen molar-refractivity contribution in [2.75, 3.05) is 25.0 Å². The number of nitrogens with one attached hydrogen (secondary N) is 1. The van der Waals surface area contributed by atoms with Crippen LogP contribution in [0.15, 0.2) is 89.3 Å². The van der Waals surface area contributed by atoms with Gasteiger partial charge in [0.1, 0.15) is 30.3 Å². The molecular weight excluding hydrogens is 579 g/mol. The number of ether oxygens (including phenoxy) is 1. The number of likely N-dealkylation sites (tertiary alicyclic amines) is 1. The number of rotatable bonds is 11. The van der Waals surface area contributed by atoms with E-state index in [1.165, 1.54) is 37.0 Å². The Bertz CT molecular complexity index is 1680. The van der Waals surface area contributed by atoms with Crippen LogP contribution in [0.1, 0.15) is 48.8 Å². The molecule has 2 aromatic carbocycles. The molecule has 1 unspecified atom stereocenters. The molecule has 4 aromatic rings. The van der Waals surface area contributed by atoms with Crippen molar-refractivity contribution in [2.45, 2.75) is 57.7 Å². The second kappa shape index (κ2) is 14.1. The summed E-state index contributed by atoms with van der Waals surface area (Å²) in [5.74, 6) is 1.03. The van der Waals surface area contributed by atoms with Crippen molar-refractivity contribution in [1.82, 2.24) is 19.4 Å². The number of piperidine rings is 1. The van der Waals surface area contributed by atoms with Crippen LogP contribution in [0, 0.1) is 10.7 Å². The highest BCUT2D eigenvalue weighted by molar-refractivity contribution is 6.30. The van der Waals surface area contributed by atoms with Gasteiger partial charge in [0.2, 0.25) is 0 Å². The van der Waals surface area contributed by atoms with E-state index < -0.39 is 0 Å². The number of aromatic nitrogens is 3. The minimum Gasteiger partial charge on any atom is -0.488 e. The van der Waals surface area contributed by atoms with Gasteiger partial charge in [0.15, 0.2) is 0 Å². The monoisotopic (exact) mass is 614 g/mol. The van der Waals surface area contributed by atoms with E-state index in [1.807, 2.05) is 24.3 Å². The highest BCUT2D eigenvalue weighted by Crippen LogP contribution is 2.29. The van der Waals surface area contributed by atoms with Crippen LogP contribution in [0.5, 0.6) is 0 Å². The fourth-order valence-corrected chi connectivity index (χ4v) is 6.13. The lowest BCUT2D eigenvalue weighted by molar-refractivity contribution is 0.209. The van der Waals surface area contributed by atoms with Crippen molar-refractivity contribution in [3.05, 3.63) is 112 Å². The van der Waals surface area contributed by atoms with Crippen LogP contribution in [0.25, 0.3) is 16.6 Å². The van der Waals surface area contributed by atoms with E-state index in [0.717, 1.165) is 59.6 Å². The molecule has 0 amide bonds. The molecule has 3 heterocycles. The van der Waals surface area contributed by atoms with Gasteiger partial charge >= 0.3 is 0 Å². The first-order valence-electron chi connectivity index (χ1n) is 15.2. The van der Waals surface area contributed by atoms with Crippen molar-refractivity contribution in [3.63, 3.8) is 0 Å². The number of nitroso groups, excluding NO2 is 1. The third kappa shape index (κ3) is 7.34. The van der Waals surface area contributed by atoms with Crippen LogP contribution in [-0.4, -0.2) is 45.1 Å². The zero-order valence-corrected chi connectivity index (χ0v) is 25.3. The summed E-state index contributed by atoms with van der Waals surface area (Å²) in [4.78, 5) is 22.5. The van der Waals surface area contributed by atoms with Crippen LogP contribution in [0.4, 0.5) is 10.2 Å². The van der Waals surface area contributed by atoms with Crippen LogP contribution in [0.3, 0.4) is 0 Å². The van der Waals surface area contributed by atoms with Gasteiger partial charge in [-0.3, -0.25) is 4.90 Å². The van der Waals surface area contributed by atoms with E-state index in [9.17, 15) is 9.30 Å². The molecular formula is C34H36ClFN6O2. The molecule has 0 radical (unpaired) electrons. The average molecular weight is 615 g/mol. The number of allylic oxidation sites excluding steroid dienone is 2. The summed E-state index contributed by atoms with van der Waals surface area (Å²) in [6.45, 7) is 3.59. The molecule has 0 spiro atoms. The topological polar surface area (TPSA) is 84.6 Å². The van der Waals surface area contributed by atoms with Gasteiger partial charge in [-0.15, -0.1) is 0 Å². The van der Waals surface area contributed by atoms with E-state index in [4.69, 9.17) is 16.3 Å². The fraction of sp³-hybridized carbons (Fsp3) is 0.353. The highest BCUT2D eigenvalue weighted by Gasteiger charge is 2.18. The summed E-state index contributed by atoms with van der Waals surface area (Å²) in [6.07, 6.45) is 15.5. The SMILES string of the molecule is O=NCCc1cn(-c2ccc3ncnc(NC4C=CC(OCc5cccc(F)c5)=C(Cl)CC4)c3c2)cc1CN1CCCCC1. The number of hydrogen-bond acceptors (Lipinski definition) is 7. The van der Waals surface area contributed by atoms with Crippen molar-refractivity contribution >= 4 is 28.3 Å². The number of halogens is 2. The Morgan fingerprint density at radius 2 is 1.93 bits per heavy atom. The van der Waals surface area contributed by atoms with E-state index in [1.54, 1.807) is 12.4 Å². The number of hydrogen-bond donors (Lipinski definition) is 1. The molecule has 1 fully saturated rings. The van der Waals surface area contributed by atoms with Gasteiger partial charge in [0.05, 0.1) is 17.1 Å². The summed E-state index contributed by atoms with van der Waals surface area (Å²) in [5.41, 5.74) is 4.97. The van der Waals surface area contributed by atoms with Gasteiger partial charge in [-0.05, 0) is 98.3 Å². The highest BCUT2D eigenvalue weighted by atomic mass is 35.5. The Balaban J connectivity index is 1.20. The van der Waals surface area contributed by atoms with Gasteiger partial charge in [0, 0.05) is 36.1 Å². The Hall–Kier alpha value is -4.08. The van der Waals surface area contributed by atoms with Crippen molar-refractivity contribution < 1.29 is 9.13 Å². The lowest BCUT2D eigenvalue weighted by Gasteiger charge is -2.26. The first-order valence-corrected chi connectivity index (χ1v) is 15.6. The smallest absolute Gasteiger partial charge is 0.137 e. The molecule has 8 nitrogen and oxygen atoms in total. The molecule has 10 heteroatoms. The molecule has 1 N–H and O–H groups in total. The Morgan fingerprint density at radius 3 is 2.77 bits per heavy atom. The molecule has 0 bridgehead atoms. The molecule has 228 valence electrons. The molecule has 1 aliphatic carbocycles. The summed E-state index contributed by atoms with van der Waals surface area (Å²) < 4.78 is 21.6. The van der Waals surface area contributed by atoms with E-state index >= 15 is 0 Å². The molecule has 2 aromatic heterocycles. The number of fused-ring (bicyclic) bond motifs is 1. The van der Waals surface area contributed by atoms with E-state index in [2.05, 4.69) is 54.5 Å². The quantitative estimate of drug-likeness (QED) is 0.175. The summed E-state index contributed by atoms with van der Waals surface area (Å²) in [6, 6.07) is 12.5. The largest absolute Gasteiger partial charge is 0.488 e. The standard InChI is InChI=1S/C34H36ClFN6O2/c35-31-10-7-28(8-12-33(31)44-22-24-5-4-6-27(36)17-24)40-34-30-18-29(9-11-32(30)37-23-38-34)42-20-25(13-14-39-43)26(21-42)19-41-15-2-1-3-16-41/h4-6,8-9,11-12,17-18,20-21,23,28H,1-3,7,10,13-16,19,22H2,(H,37,38,40). The predicted molar refractivity (Wildman–Crippen MR) is 172 cm³/mol. The second-order valence-corrected chi connectivity index (χ2v) is 11.9. The van der Waals surface area contributed by atoms with Gasteiger partial charge in [-0.25, -0.2) is 14.4 Å². The van der Waals surface area contributed by atoms with Crippen LogP contribution < -0.4 is 5.32 Å². The molecule has 6 rings (SSSR count). The number of anilines is 1. The lowest BCUT2D eigenvalue weighted by Crippen LogP contribution is -2.29. The van der Waals surface area contributed by atoms with Gasteiger partial charge in [-0.1, -0.05) is 41.4 Å². The molecule has 0 saturated carbocycles. The molecule has 1 saturated heterocycles. The molecule has 1 aliphatic heterocycles. The maximum atomic E-state index is 13.6. The summed E-state index contributed by atoms with van der Waals surface area (Å²) in [5, 5.41) is 8.23. The molecule has 44 heavy (non-hydrogen) atoms. The Labute approximate surface area is 261 Å². The Morgan fingerprint density at radius 1 is 1.07 bits per heavy atom. The summed E-state index contributed by atoms with van der Waals surface area (Å²) in [7, 11) is 0. The fourth-order valence-electron chi connectivity index (χ4n) is 5.91. The maximum absolute atomic E-state index is 13.6. The first kappa shape index (κ1) is 30.0. The number of nitrogens with zero attached hydrogens (tertiary/aromatic N) is 5.